The van der Waals surface area contributed by atoms with E-state index in [9.17, 15) is 4.79 Å². The van der Waals surface area contributed by atoms with Gasteiger partial charge in [-0.15, -0.1) is 0 Å². The lowest BCUT2D eigenvalue weighted by molar-refractivity contribution is -0.114. The van der Waals surface area contributed by atoms with Crippen molar-refractivity contribution >= 4 is 51.3 Å². The van der Waals surface area contributed by atoms with E-state index in [4.69, 9.17) is 11.6 Å². The highest BCUT2D eigenvalue weighted by Crippen LogP contribution is 2.30. The molecule has 6 nitrogen and oxygen atoms in total. The van der Waals surface area contributed by atoms with Crippen molar-refractivity contribution < 1.29 is 4.79 Å². The van der Waals surface area contributed by atoms with Crippen LogP contribution >= 0.6 is 11.6 Å². The molecular formula is C19H16ClN5O. The van der Waals surface area contributed by atoms with E-state index < -0.39 is 0 Å². The summed E-state index contributed by atoms with van der Waals surface area (Å²) in [5.41, 5.74) is 3.87. The monoisotopic (exact) mass is 365 g/mol. The second-order valence-electron chi connectivity index (χ2n) is 6.00. The van der Waals surface area contributed by atoms with Crippen LogP contribution in [0.15, 0.2) is 48.5 Å². The molecule has 0 radical (unpaired) electrons. The highest BCUT2D eigenvalue weighted by molar-refractivity contribution is 6.34. The van der Waals surface area contributed by atoms with E-state index in [1.165, 1.54) is 6.92 Å². The van der Waals surface area contributed by atoms with Gasteiger partial charge in [-0.1, -0.05) is 23.7 Å². The third kappa shape index (κ3) is 2.84. The van der Waals surface area contributed by atoms with Crippen LogP contribution in [0.25, 0.3) is 16.6 Å². The van der Waals surface area contributed by atoms with Crippen LogP contribution in [0, 0.1) is 6.92 Å². The van der Waals surface area contributed by atoms with Crippen LogP contribution < -0.4 is 10.6 Å². The van der Waals surface area contributed by atoms with Crippen LogP contribution in [0.2, 0.25) is 5.02 Å². The Morgan fingerprint density at radius 1 is 1.08 bits per heavy atom. The van der Waals surface area contributed by atoms with Gasteiger partial charge in [-0.25, -0.2) is 9.50 Å². The first kappa shape index (κ1) is 16.4. The first-order valence-corrected chi connectivity index (χ1v) is 8.49. The van der Waals surface area contributed by atoms with E-state index in [2.05, 4.69) is 20.7 Å². The van der Waals surface area contributed by atoms with Crippen molar-refractivity contribution in [2.45, 2.75) is 13.8 Å². The van der Waals surface area contributed by atoms with Crippen molar-refractivity contribution in [3.05, 3.63) is 59.2 Å². The number of para-hydroxylation sites is 1. The Kier molecular flexibility index (Phi) is 3.97. The van der Waals surface area contributed by atoms with Crippen LogP contribution in [0.1, 0.15) is 12.6 Å². The van der Waals surface area contributed by atoms with Gasteiger partial charge >= 0.3 is 0 Å². The highest BCUT2D eigenvalue weighted by Gasteiger charge is 2.14. The molecule has 7 heteroatoms. The van der Waals surface area contributed by atoms with Gasteiger partial charge in [0.2, 0.25) is 5.91 Å². The molecule has 4 rings (SSSR count). The Hall–Kier alpha value is -3.12. The summed E-state index contributed by atoms with van der Waals surface area (Å²) in [4.78, 5) is 15.8. The van der Waals surface area contributed by atoms with Crippen LogP contribution in [0.3, 0.4) is 0 Å². The molecule has 0 aliphatic carbocycles. The van der Waals surface area contributed by atoms with Crippen LogP contribution in [0.4, 0.5) is 17.2 Å². The van der Waals surface area contributed by atoms with Gasteiger partial charge in [0.05, 0.1) is 11.2 Å². The van der Waals surface area contributed by atoms with E-state index in [-0.39, 0.29) is 5.91 Å². The van der Waals surface area contributed by atoms with E-state index in [1.54, 1.807) is 4.52 Å². The lowest BCUT2D eigenvalue weighted by Gasteiger charge is -2.11. The summed E-state index contributed by atoms with van der Waals surface area (Å²) in [6, 6.07) is 15.3. The molecular weight excluding hydrogens is 350 g/mol. The summed E-state index contributed by atoms with van der Waals surface area (Å²) < 4.78 is 1.76. The Labute approximate surface area is 154 Å². The molecule has 26 heavy (non-hydrogen) atoms. The molecule has 0 unspecified atom stereocenters. The minimum atomic E-state index is -0.102. The SMILES string of the molecule is CC(=O)Nc1ccc(Nc2nc3c(Cl)c(C)nn3c3ccccc23)cc1. The number of aromatic nitrogens is 3. The number of aryl methyl sites for hydroxylation is 1. The number of rotatable bonds is 3. The number of amides is 1. The Bertz CT molecular complexity index is 1130. The smallest absolute Gasteiger partial charge is 0.221 e. The number of carbonyl (C=O) groups is 1. The number of nitrogens with zero attached hydrogens (tertiary/aromatic N) is 3. The standard InChI is InChI=1S/C19H16ClN5O/c1-11-17(20)19-23-18(15-5-3-4-6-16(15)25(19)24-11)22-14-9-7-13(8-10-14)21-12(2)26/h3-10H,1-2H3,(H,21,26)(H,22,23). The summed E-state index contributed by atoms with van der Waals surface area (Å²) >= 11 is 6.37. The normalized spacial score (nSPS) is 11.0. The number of fused-ring (bicyclic) bond motifs is 3. The molecule has 2 aromatic carbocycles. The summed E-state index contributed by atoms with van der Waals surface area (Å²) in [5, 5.41) is 12.0. The number of nitrogens with one attached hydrogen (secondary N) is 2. The van der Waals surface area contributed by atoms with Crippen LogP contribution in [-0.4, -0.2) is 20.5 Å². The van der Waals surface area contributed by atoms with Crippen LogP contribution in [0.5, 0.6) is 0 Å². The average molecular weight is 366 g/mol. The third-order valence-corrected chi connectivity index (χ3v) is 4.48. The van der Waals surface area contributed by atoms with Crippen LogP contribution in [-0.2, 0) is 4.79 Å². The summed E-state index contributed by atoms with van der Waals surface area (Å²) in [6.45, 7) is 3.34. The van der Waals surface area contributed by atoms with E-state index >= 15 is 0 Å². The number of halogens is 1. The topological polar surface area (TPSA) is 71.3 Å². The molecule has 0 saturated heterocycles. The number of hydrogen-bond acceptors (Lipinski definition) is 4. The Morgan fingerprint density at radius 3 is 2.50 bits per heavy atom. The maximum Gasteiger partial charge on any atom is 0.221 e. The van der Waals surface area contributed by atoms with Gasteiger partial charge in [0.25, 0.3) is 0 Å². The van der Waals surface area contributed by atoms with Crippen molar-refractivity contribution in [1.29, 1.82) is 0 Å². The fraction of sp³-hybridized carbons (Fsp3) is 0.105. The zero-order valence-electron chi connectivity index (χ0n) is 14.2. The second kappa shape index (κ2) is 6.31. The molecule has 0 bridgehead atoms. The summed E-state index contributed by atoms with van der Waals surface area (Å²) in [5.74, 6) is 0.594. The molecule has 0 spiro atoms. The largest absolute Gasteiger partial charge is 0.340 e. The molecule has 0 fully saturated rings. The second-order valence-corrected chi connectivity index (χ2v) is 6.37. The minimum absolute atomic E-state index is 0.102. The lowest BCUT2D eigenvalue weighted by Crippen LogP contribution is -2.05. The fourth-order valence-corrected chi connectivity index (χ4v) is 3.02. The molecule has 2 heterocycles. The van der Waals surface area contributed by atoms with Gasteiger partial charge in [0.1, 0.15) is 10.8 Å². The van der Waals surface area contributed by atoms with Gasteiger partial charge < -0.3 is 10.6 Å². The highest BCUT2D eigenvalue weighted by atomic mass is 35.5. The quantitative estimate of drug-likeness (QED) is 0.559. The van der Waals surface area contributed by atoms with E-state index in [0.717, 1.165) is 28.0 Å². The maximum atomic E-state index is 11.1. The Balaban J connectivity index is 1.80. The third-order valence-electron chi connectivity index (χ3n) is 4.04. The molecule has 0 aliphatic heterocycles. The predicted molar refractivity (Wildman–Crippen MR) is 104 cm³/mol. The number of anilines is 3. The lowest BCUT2D eigenvalue weighted by atomic mass is 10.2. The molecule has 0 saturated carbocycles. The van der Waals surface area contributed by atoms with Crippen molar-refractivity contribution in [3.63, 3.8) is 0 Å². The predicted octanol–water partition coefficient (Wildman–Crippen LogP) is 4.55. The summed E-state index contributed by atoms with van der Waals surface area (Å²) in [6.07, 6.45) is 0. The number of hydrogen-bond donors (Lipinski definition) is 2. The molecule has 2 aromatic heterocycles. The van der Waals surface area contributed by atoms with Gasteiger partial charge in [-0.2, -0.15) is 5.10 Å². The van der Waals surface area contributed by atoms with Crippen molar-refractivity contribution in [2.24, 2.45) is 0 Å². The molecule has 0 aliphatic rings. The number of benzene rings is 2. The number of carbonyl (C=O) groups excluding carboxylic acids is 1. The zero-order chi connectivity index (χ0) is 18.3. The minimum Gasteiger partial charge on any atom is -0.340 e. The van der Waals surface area contributed by atoms with E-state index in [1.807, 2.05) is 55.5 Å². The van der Waals surface area contributed by atoms with Crippen molar-refractivity contribution in [2.75, 3.05) is 10.6 Å². The zero-order valence-corrected chi connectivity index (χ0v) is 15.0. The Morgan fingerprint density at radius 2 is 1.77 bits per heavy atom. The molecule has 130 valence electrons. The van der Waals surface area contributed by atoms with E-state index in [0.29, 0.717) is 16.5 Å². The first-order chi connectivity index (χ1) is 12.5. The fourth-order valence-electron chi connectivity index (χ4n) is 2.86. The van der Waals surface area contributed by atoms with Gasteiger partial charge in [-0.05, 0) is 43.3 Å². The van der Waals surface area contributed by atoms with Gasteiger partial charge in [-0.3, -0.25) is 4.79 Å². The van der Waals surface area contributed by atoms with Gasteiger partial charge in [0.15, 0.2) is 5.65 Å². The molecule has 0 atom stereocenters. The first-order valence-electron chi connectivity index (χ1n) is 8.11. The van der Waals surface area contributed by atoms with Crippen molar-refractivity contribution in [3.8, 4) is 0 Å². The molecule has 1 amide bonds. The molecule has 4 aromatic rings. The molecule has 2 N–H and O–H groups in total. The van der Waals surface area contributed by atoms with Gasteiger partial charge in [0, 0.05) is 23.7 Å². The average Bonchev–Trinajstić information content (AvgIpc) is 2.91. The summed E-state index contributed by atoms with van der Waals surface area (Å²) in [7, 11) is 0. The van der Waals surface area contributed by atoms with Crippen molar-refractivity contribution in [1.82, 2.24) is 14.6 Å². The maximum absolute atomic E-state index is 11.1.